The maximum Gasteiger partial charge on any atom is 0.255 e. The van der Waals surface area contributed by atoms with Crippen molar-refractivity contribution in [3.8, 4) is 11.5 Å². The number of carbonyl (C=O) groups excluding carboxylic acids is 1. The first-order valence-electron chi connectivity index (χ1n) is 7.83. The van der Waals surface area contributed by atoms with Crippen molar-refractivity contribution in [3.05, 3.63) is 58.6 Å². The molecule has 6 nitrogen and oxygen atoms in total. The van der Waals surface area contributed by atoms with Crippen LogP contribution >= 0.6 is 11.6 Å². The average molecular weight is 366 g/mol. The van der Waals surface area contributed by atoms with Crippen LogP contribution in [0.5, 0.6) is 11.5 Å². The average Bonchev–Trinajstić information content (AvgIpc) is 2.60. The molecule has 2 rings (SSSR count). The standard InChI is InChI=1S/C18H21ClN2O4/c1-24-16-8-12(7-14(19)18(16)25-11-17(20)23)9-21-10-15(22)13-5-3-2-4-6-13/h2-8,15,21-22H,9-11H2,1H3,(H2,20,23)/p+1/t15-/m0/s1. The van der Waals surface area contributed by atoms with Crippen molar-refractivity contribution in [2.45, 2.75) is 12.6 Å². The quantitative estimate of drug-likeness (QED) is 0.617. The van der Waals surface area contributed by atoms with E-state index in [9.17, 15) is 9.90 Å². The van der Waals surface area contributed by atoms with E-state index >= 15 is 0 Å². The maximum atomic E-state index is 10.9. The van der Waals surface area contributed by atoms with Crippen LogP contribution in [0.15, 0.2) is 42.5 Å². The number of aliphatic hydroxyl groups is 1. The molecule has 0 aliphatic rings. The molecule has 0 radical (unpaired) electrons. The van der Waals surface area contributed by atoms with E-state index in [0.717, 1.165) is 11.1 Å². The van der Waals surface area contributed by atoms with E-state index in [4.69, 9.17) is 26.8 Å². The molecule has 0 unspecified atom stereocenters. The largest absolute Gasteiger partial charge is 0.493 e. The molecule has 0 aromatic heterocycles. The highest BCUT2D eigenvalue weighted by Gasteiger charge is 2.15. The van der Waals surface area contributed by atoms with E-state index in [1.807, 2.05) is 35.6 Å². The summed E-state index contributed by atoms with van der Waals surface area (Å²) in [6, 6.07) is 13.0. The minimum absolute atomic E-state index is 0.273. The minimum Gasteiger partial charge on any atom is -0.493 e. The highest BCUT2D eigenvalue weighted by Crippen LogP contribution is 2.36. The number of hydrogen-bond donors (Lipinski definition) is 3. The molecule has 2 aromatic rings. The zero-order valence-electron chi connectivity index (χ0n) is 13.9. The van der Waals surface area contributed by atoms with Crippen LogP contribution in [0.1, 0.15) is 17.2 Å². The number of benzene rings is 2. The van der Waals surface area contributed by atoms with Crippen molar-refractivity contribution in [3.63, 3.8) is 0 Å². The van der Waals surface area contributed by atoms with Crippen LogP contribution in [0, 0.1) is 0 Å². The van der Waals surface area contributed by atoms with Gasteiger partial charge >= 0.3 is 0 Å². The van der Waals surface area contributed by atoms with Gasteiger partial charge in [-0.15, -0.1) is 0 Å². The molecule has 134 valence electrons. The number of methoxy groups -OCH3 is 1. The third kappa shape index (κ3) is 5.63. The monoisotopic (exact) mass is 365 g/mol. The Morgan fingerprint density at radius 3 is 2.68 bits per heavy atom. The first kappa shape index (κ1) is 19.1. The number of aliphatic hydroxyl groups excluding tert-OH is 1. The van der Waals surface area contributed by atoms with Crippen molar-refractivity contribution in [1.29, 1.82) is 0 Å². The fraction of sp³-hybridized carbons (Fsp3) is 0.278. The van der Waals surface area contributed by atoms with Gasteiger partial charge in [0, 0.05) is 5.56 Å². The minimum atomic E-state index is -0.592. The lowest BCUT2D eigenvalue weighted by molar-refractivity contribution is -0.677. The summed E-state index contributed by atoms with van der Waals surface area (Å²) in [5.74, 6) is 0.127. The first-order chi connectivity index (χ1) is 12.0. The van der Waals surface area contributed by atoms with Gasteiger partial charge in [-0.25, -0.2) is 0 Å². The lowest BCUT2D eigenvalue weighted by Crippen LogP contribution is -2.83. The number of quaternary nitrogens is 1. The number of amides is 1. The summed E-state index contributed by atoms with van der Waals surface area (Å²) in [7, 11) is 1.50. The summed E-state index contributed by atoms with van der Waals surface area (Å²) in [6.07, 6.45) is -0.545. The lowest BCUT2D eigenvalue weighted by Gasteiger charge is -2.14. The third-order valence-electron chi connectivity index (χ3n) is 3.60. The number of nitrogens with two attached hydrogens (primary N) is 2. The first-order valence-corrected chi connectivity index (χ1v) is 8.21. The van der Waals surface area contributed by atoms with E-state index in [0.29, 0.717) is 23.9 Å². The molecule has 0 heterocycles. The van der Waals surface area contributed by atoms with Gasteiger partial charge in [0.25, 0.3) is 5.91 Å². The summed E-state index contributed by atoms with van der Waals surface area (Å²) in [6.45, 7) is 0.852. The number of carbonyl (C=O) groups is 1. The second-order valence-corrected chi connectivity index (χ2v) is 5.93. The lowest BCUT2D eigenvalue weighted by atomic mass is 10.1. The number of primary amides is 1. The summed E-state index contributed by atoms with van der Waals surface area (Å²) in [5, 5.41) is 12.5. The van der Waals surface area contributed by atoms with Gasteiger partial charge in [0.1, 0.15) is 19.2 Å². The fourth-order valence-corrected chi connectivity index (χ4v) is 2.68. The van der Waals surface area contributed by atoms with E-state index < -0.39 is 12.0 Å². The van der Waals surface area contributed by atoms with E-state index in [2.05, 4.69) is 0 Å². The van der Waals surface area contributed by atoms with Crippen molar-refractivity contribution in [1.82, 2.24) is 0 Å². The fourth-order valence-electron chi connectivity index (χ4n) is 2.39. The molecule has 1 atom stereocenters. The van der Waals surface area contributed by atoms with Crippen LogP contribution in [0.3, 0.4) is 0 Å². The summed E-state index contributed by atoms with van der Waals surface area (Å²) in [5.41, 5.74) is 6.87. The van der Waals surface area contributed by atoms with Gasteiger partial charge in [-0.2, -0.15) is 0 Å². The molecule has 0 fully saturated rings. The molecule has 7 heteroatoms. The van der Waals surface area contributed by atoms with Crippen LogP contribution in [0.2, 0.25) is 5.02 Å². The summed E-state index contributed by atoms with van der Waals surface area (Å²) >= 11 is 6.21. The number of hydrogen-bond acceptors (Lipinski definition) is 4. The maximum absolute atomic E-state index is 10.9. The summed E-state index contributed by atoms with van der Waals surface area (Å²) < 4.78 is 10.6. The molecule has 5 N–H and O–H groups in total. The van der Waals surface area contributed by atoms with Crippen molar-refractivity contribution < 1.29 is 24.7 Å². The number of ether oxygens (including phenoxy) is 2. The van der Waals surface area contributed by atoms with Gasteiger partial charge < -0.3 is 25.6 Å². The van der Waals surface area contributed by atoms with Gasteiger partial charge in [-0.1, -0.05) is 41.9 Å². The Kier molecular flexibility index (Phi) is 7.06. The molecule has 0 bridgehead atoms. The Balaban J connectivity index is 1.98. The van der Waals surface area contributed by atoms with Gasteiger partial charge in [0.05, 0.1) is 12.1 Å². The Hall–Kier alpha value is -2.28. The zero-order chi connectivity index (χ0) is 18.2. The predicted octanol–water partition coefficient (Wildman–Crippen LogP) is 1.01. The molecule has 2 aromatic carbocycles. The molecule has 0 saturated carbocycles. The van der Waals surface area contributed by atoms with Crippen molar-refractivity contribution >= 4 is 17.5 Å². The molecular weight excluding hydrogens is 344 g/mol. The molecular formula is C18H22ClN2O4+. The summed E-state index contributed by atoms with van der Waals surface area (Å²) in [4.78, 5) is 10.9. The van der Waals surface area contributed by atoms with Crippen LogP contribution in [0.25, 0.3) is 0 Å². The Bertz CT molecular complexity index is 710. The van der Waals surface area contributed by atoms with Gasteiger partial charge in [-0.05, 0) is 17.7 Å². The Morgan fingerprint density at radius 1 is 1.32 bits per heavy atom. The predicted molar refractivity (Wildman–Crippen MR) is 94.6 cm³/mol. The van der Waals surface area contributed by atoms with E-state index in [-0.39, 0.29) is 12.4 Å². The second kappa shape index (κ2) is 9.27. The highest BCUT2D eigenvalue weighted by atomic mass is 35.5. The van der Waals surface area contributed by atoms with Gasteiger partial charge in [0.2, 0.25) is 0 Å². The van der Waals surface area contributed by atoms with Crippen LogP contribution < -0.4 is 20.5 Å². The van der Waals surface area contributed by atoms with E-state index in [1.165, 1.54) is 7.11 Å². The molecule has 0 aliphatic heterocycles. The SMILES string of the molecule is COc1cc(C[NH2+]C[C@H](O)c2ccccc2)cc(Cl)c1OCC(N)=O. The number of rotatable bonds is 9. The van der Waals surface area contributed by atoms with Gasteiger partial charge in [-0.3, -0.25) is 4.79 Å². The zero-order valence-corrected chi connectivity index (χ0v) is 14.7. The van der Waals surface area contributed by atoms with Crippen molar-refractivity contribution in [2.75, 3.05) is 20.3 Å². The molecule has 0 saturated heterocycles. The van der Waals surface area contributed by atoms with Crippen molar-refractivity contribution in [2.24, 2.45) is 5.73 Å². The normalized spacial score (nSPS) is 11.8. The molecule has 0 spiro atoms. The Morgan fingerprint density at radius 2 is 2.04 bits per heavy atom. The van der Waals surface area contributed by atoms with Crippen LogP contribution in [-0.4, -0.2) is 31.3 Å². The third-order valence-corrected chi connectivity index (χ3v) is 3.88. The van der Waals surface area contributed by atoms with Crippen LogP contribution in [-0.2, 0) is 11.3 Å². The second-order valence-electron chi connectivity index (χ2n) is 5.52. The van der Waals surface area contributed by atoms with Gasteiger partial charge in [0.15, 0.2) is 18.1 Å². The number of halogens is 1. The topological polar surface area (TPSA) is 98.4 Å². The molecule has 25 heavy (non-hydrogen) atoms. The molecule has 1 amide bonds. The van der Waals surface area contributed by atoms with Crippen LogP contribution in [0.4, 0.5) is 0 Å². The van der Waals surface area contributed by atoms with E-state index in [1.54, 1.807) is 12.1 Å². The Labute approximate surface area is 151 Å². The highest BCUT2D eigenvalue weighted by molar-refractivity contribution is 6.32. The smallest absolute Gasteiger partial charge is 0.255 e. The molecule has 0 aliphatic carbocycles.